The molecule has 0 atom stereocenters. The Morgan fingerprint density at radius 1 is 1.37 bits per heavy atom. The largest absolute Gasteiger partial charge is 0.462 e. The number of ether oxygens (including phenoxy) is 1. The molecule has 19 heavy (non-hydrogen) atoms. The topological polar surface area (TPSA) is 52.3 Å². The number of esters is 1. The molecule has 0 aliphatic rings. The van der Waals surface area contributed by atoms with Crippen LogP contribution in [0.2, 0.25) is 0 Å². The van der Waals surface area contributed by atoms with Gasteiger partial charge in [0.2, 0.25) is 0 Å². The monoisotopic (exact) mass is 279 g/mol. The van der Waals surface area contributed by atoms with Gasteiger partial charge in [-0.1, -0.05) is 0 Å². The highest BCUT2D eigenvalue weighted by Gasteiger charge is 2.26. The summed E-state index contributed by atoms with van der Waals surface area (Å²) >= 11 is 0. The molecule has 0 saturated heterocycles. The molecule has 0 spiro atoms. The summed E-state index contributed by atoms with van der Waals surface area (Å²) in [6.07, 6.45) is -5.72. The van der Waals surface area contributed by atoms with Crippen molar-refractivity contribution in [2.45, 2.75) is 25.9 Å². The number of alkyl halides is 3. The number of aryl methyl sites for hydroxylation is 1. The minimum Gasteiger partial charge on any atom is -0.462 e. The number of benzene rings is 1. The van der Waals surface area contributed by atoms with Crippen molar-refractivity contribution in [3.8, 4) is 0 Å². The fourth-order valence-electron chi connectivity index (χ4n) is 1.46. The fraction of sp³-hybridized carbons (Fsp3) is 0.417. The maximum Gasteiger partial charge on any atom is 0.389 e. The molecular formula is C12H13F4NO2. The van der Waals surface area contributed by atoms with Gasteiger partial charge in [0.25, 0.3) is 0 Å². The molecule has 1 rings (SSSR count). The number of rotatable bonds is 4. The first-order valence-corrected chi connectivity index (χ1v) is 5.50. The zero-order valence-corrected chi connectivity index (χ0v) is 10.2. The van der Waals surface area contributed by atoms with E-state index in [0.29, 0.717) is 0 Å². The highest BCUT2D eigenvalue weighted by molar-refractivity contribution is 5.91. The molecule has 1 aromatic carbocycles. The smallest absolute Gasteiger partial charge is 0.389 e. The number of hydrogen-bond donors (Lipinski definition) is 1. The molecule has 1 aromatic rings. The molecule has 0 radical (unpaired) electrons. The molecule has 0 amide bonds. The quantitative estimate of drug-likeness (QED) is 0.398. The van der Waals surface area contributed by atoms with E-state index in [2.05, 4.69) is 4.74 Å². The second kappa shape index (κ2) is 5.90. The van der Waals surface area contributed by atoms with E-state index in [0.717, 1.165) is 6.07 Å². The zero-order chi connectivity index (χ0) is 14.6. The van der Waals surface area contributed by atoms with Gasteiger partial charge in [0.15, 0.2) is 0 Å². The van der Waals surface area contributed by atoms with Gasteiger partial charge in [-0.3, -0.25) is 0 Å². The van der Waals surface area contributed by atoms with Crippen LogP contribution in [0.25, 0.3) is 0 Å². The van der Waals surface area contributed by atoms with Crippen LogP contribution in [-0.4, -0.2) is 18.8 Å². The van der Waals surface area contributed by atoms with Crippen LogP contribution in [-0.2, 0) is 4.74 Å². The molecule has 7 heteroatoms. The number of halogens is 4. The Morgan fingerprint density at radius 3 is 2.58 bits per heavy atom. The Morgan fingerprint density at radius 2 is 2.00 bits per heavy atom. The molecule has 0 aromatic heterocycles. The summed E-state index contributed by atoms with van der Waals surface area (Å²) in [4.78, 5) is 11.5. The lowest BCUT2D eigenvalue weighted by Gasteiger charge is -2.09. The number of carbonyl (C=O) groups is 1. The third-order valence-electron chi connectivity index (χ3n) is 2.33. The van der Waals surface area contributed by atoms with Gasteiger partial charge in [0.1, 0.15) is 5.82 Å². The van der Waals surface area contributed by atoms with Crippen LogP contribution >= 0.6 is 0 Å². The summed E-state index contributed by atoms with van der Waals surface area (Å²) in [5, 5.41) is 0. The molecule has 0 heterocycles. The van der Waals surface area contributed by atoms with Crippen LogP contribution in [0.4, 0.5) is 23.2 Å². The summed E-state index contributed by atoms with van der Waals surface area (Å²) in [7, 11) is 0. The predicted octanol–water partition coefficient (Wildman–Crippen LogP) is 3.22. The van der Waals surface area contributed by atoms with Crippen molar-refractivity contribution in [2.24, 2.45) is 0 Å². The van der Waals surface area contributed by atoms with E-state index >= 15 is 0 Å². The van der Waals surface area contributed by atoms with E-state index in [1.54, 1.807) is 0 Å². The zero-order valence-electron chi connectivity index (χ0n) is 10.2. The average Bonchev–Trinajstić information content (AvgIpc) is 2.27. The van der Waals surface area contributed by atoms with Gasteiger partial charge in [-0.05, 0) is 31.0 Å². The SMILES string of the molecule is Cc1cc(N)cc(C(=O)OCCCC(F)(F)F)c1F. The lowest BCUT2D eigenvalue weighted by atomic mass is 10.1. The van der Waals surface area contributed by atoms with Crippen molar-refractivity contribution < 1.29 is 27.1 Å². The van der Waals surface area contributed by atoms with Crippen molar-refractivity contribution in [1.29, 1.82) is 0 Å². The lowest BCUT2D eigenvalue weighted by molar-refractivity contribution is -0.137. The maximum atomic E-state index is 13.6. The maximum absolute atomic E-state index is 13.6. The normalized spacial score (nSPS) is 11.4. The number of hydrogen-bond acceptors (Lipinski definition) is 3. The highest BCUT2D eigenvalue weighted by atomic mass is 19.4. The van der Waals surface area contributed by atoms with Crippen molar-refractivity contribution >= 4 is 11.7 Å². The third kappa shape index (κ3) is 4.76. The van der Waals surface area contributed by atoms with Crippen LogP contribution in [0.5, 0.6) is 0 Å². The minimum atomic E-state index is -4.30. The van der Waals surface area contributed by atoms with Crippen molar-refractivity contribution in [3.05, 3.63) is 29.1 Å². The fourth-order valence-corrected chi connectivity index (χ4v) is 1.46. The third-order valence-corrected chi connectivity index (χ3v) is 2.33. The van der Waals surface area contributed by atoms with E-state index in [-0.39, 0.29) is 23.2 Å². The molecule has 0 unspecified atom stereocenters. The van der Waals surface area contributed by atoms with Gasteiger partial charge < -0.3 is 10.5 Å². The van der Waals surface area contributed by atoms with Crippen molar-refractivity contribution in [1.82, 2.24) is 0 Å². The summed E-state index contributed by atoms with van der Waals surface area (Å²) in [6.45, 7) is 0.998. The van der Waals surface area contributed by atoms with Crippen LogP contribution < -0.4 is 5.73 Å². The van der Waals surface area contributed by atoms with E-state index in [4.69, 9.17) is 5.73 Å². The Balaban J connectivity index is 2.60. The molecule has 0 bridgehead atoms. The Labute approximate surface area is 107 Å². The molecule has 3 nitrogen and oxygen atoms in total. The van der Waals surface area contributed by atoms with Crippen LogP contribution in [0, 0.1) is 12.7 Å². The van der Waals surface area contributed by atoms with Crippen LogP contribution in [0.1, 0.15) is 28.8 Å². The molecular weight excluding hydrogens is 266 g/mol. The summed E-state index contributed by atoms with van der Waals surface area (Å²) < 4.78 is 53.7. The van der Waals surface area contributed by atoms with Crippen LogP contribution in [0.15, 0.2) is 12.1 Å². The standard InChI is InChI=1S/C12H13F4NO2/c1-7-5-8(17)6-9(10(7)13)11(18)19-4-2-3-12(14,15)16/h5-6H,2-4,17H2,1H3. The predicted molar refractivity (Wildman–Crippen MR) is 61.1 cm³/mol. The first kappa shape index (κ1) is 15.3. The second-order valence-corrected chi connectivity index (χ2v) is 4.05. The van der Waals surface area contributed by atoms with Crippen molar-refractivity contribution in [2.75, 3.05) is 12.3 Å². The first-order chi connectivity index (χ1) is 8.70. The van der Waals surface area contributed by atoms with Gasteiger partial charge in [-0.25, -0.2) is 9.18 Å². The molecule has 0 fully saturated rings. The van der Waals surface area contributed by atoms with Gasteiger partial charge in [-0.2, -0.15) is 13.2 Å². The number of nitrogens with two attached hydrogens (primary N) is 1. The van der Waals surface area contributed by atoms with Gasteiger partial charge >= 0.3 is 12.1 Å². The highest BCUT2D eigenvalue weighted by Crippen LogP contribution is 2.22. The van der Waals surface area contributed by atoms with Gasteiger partial charge in [-0.15, -0.1) is 0 Å². The Hall–Kier alpha value is -1.79. The summed E-state index contributed by atoms with van der Waals surface area (Å²) in [5.74, 6) is -1.80. The Bertz CT molecular complexity index is 472. The molecule has 0 aliphatic heterocycles. The number of anilines is 1. The molecule has 0 saturated carbocycles. The Kier molecular flexibility index (Phi) is 4.74. The van der Waals surface area contributed by atoms with Crippen LogP contribution in [0.3, 0.4) is 0 Å². The lowest BCUT2D eigenvalue weighted by Crippen LogP contribution is -2.13. The molecule has 106 valence electrons. The van der Waals surface area contributed by atoms with Gasteiger partial charge in [0.05, 0.1) is 12.2 Å². The van der Waals surface area contributed by atoms with Gasteiger partial charge in [0, 0.05) is 12.1 Å². The summed E-state index contributed by atoms with van der Waals surface area (Å²) in [6, 6.07) is 2.43. The van der Waals surface area contributed by atoms with E-state index < -0.39 is 31.0 Å². The second-order valence-electron chi connectivity index (χ2n) is 4.05. The number of nitrogen functional groups attached to an aromatic ring is 1. The average molecular weight is 279 g/mol. The summed E-state index contributed by atoms with van der Waals surface area (Å²) in [5.41, 5.74) is 5.43. The minimum absolute atomic E-state index is 0.169. The number of carbonyl (C=O) groups excluding carboxylic acids is 1. The van der Waals surface area contributed by atoms with E-state index in [1.807, 2.05) is 0 Å². The molecule has 0 aliphatic carbocycles. The first-order valence-electron chi connectivity index (χ1n) is 5.50. The van der Waals surface area contributed by atoms with Crippen molar-refractivity contribution in [3.63, 3.8) is 0 Å². The van der Waals surface area contributed by atoms with E-state index in [1.165, 1.54) is 13.0 Å². The van der Waals surface area contributed by atoms with E-state index in [9.17, 15) is 22.4 Å². The molecule has 2 N–H and O–H groups in total.